The Morgan fingerprint density at radius 3 is 2.79 bits per heavy atom. The number of aliphatic hydroxyl groups is 1. The van der Waals surface area contributed by atoms with Crippen molar-refractivity contribution in [3.8, 4) is 5.75 Å². The molecule has 0 radical (unpaired) electrons. The van der Waals surface area contributed by atoms with Gasteiger partial charge in [0.25, 0.3) is 0 Å². The van der Waals surface area contributed by atoms with E-state index in [1.54, 1.807) is 0 Å². The number of benzene rings is 2. The van der Waals surface area contributed by atoms with Crippen molar-refractivity contribution >= 4 is 10.8 Å². The summed E-state index contributed by atoms with van der Waals surface area (Å²) in [6.45, 7) is 3.24. The van der Waals surface area contributed by atoms with Gasteiger partial charge in [0.15, 0.2) is 0 Å². The number of hydrogen-bond donors (Lipinski definition) is 1. The Kier molecular flexibility index (Phi) is 5.13. The highest BCUT2D eigenvalue weighted by atomic mass is 16.5. The predicted molar refractivity (Wildman–Crippen MR) is 93.0 cm³/mol. The number of aryl methyl sites for hydroxylation is 1. The van der Waals surface area contributed by atoms with E-state index in [0.717, 1.165) is 28.0 Å². The van der Waals surface area contributed by atoms with Crippen LogP contribution in [0.4, 0.5) is 0 Å². The highest BCUT2D eigenvalue weighted by Gasteiger charge is 2.12. The average Bonchev–Trinajstić information content (AvgIpc) is 2.97. The van der Waals surface area contributed by atoms with Gasteiger partial charge >= 0.3 is 0 Å². The summed E-state index contributed by atoms with van der Waals surface area (Å²) in [6.07, 6.45) is -0.582. The third-order valence-corrected chi connectivity index (χ3v) is 3.81. The molecular formula is C19H22N2O3. The van der Waals surface area contributed by atoms with E-state index in [4.69, 9.17) is 9.26 Å². The lowest BCUT2D eigenvalue weighted by atomic mass is 10.1. The van der Waals surface area contributed by atoms with E-state index < -0.39 is 6.10 Å². The van der Waals surface area contributed by atoms with Crippen LogP contribution in [0.15, 0.2) is 53.1 Å². The molecule has 3 rings (SSSR count). The Hall–Kier alpha value is -2.37. The molecule has 0 saturated heterocycles. The van der Waals surface area contributed by atoms with E-state index >= 15 is 0 Å². The minimum absolute atomic E-state index is 0.246. The summed E-state index contributed by atoms with van der Waals surface area (Å²) in [5.41, 5.74) is 0.858. The van der Waals surface area contributed by atoms with Crippen molar-refractivity contribution in [3.05, 3.63) is 60.0 Å². The number of aromatic nitrogens is 1. The van der Waals surface area contributed by atoms with Gasteiger partial charge in [-0.25, -0.2) is 0 Å². The number of aliphatic hydroxyl groups excluding tert-OH is 1. The van der Waals surface area contributed by atoms with Crippen molar-refractivity contribution < 1.29 is 14.4 Å². The molecule has 1 heterocycles. The molecule has 0 amide bonds. The molecule has 0 aliphatic rings. The minimum atomic E-state index is -0.582. The van der Waals surface area contributed by atoms with Crippen molar-refractivity contribution in [1.29, 1.82) is 0 Å². The first-order valence-corrected chi connectivity index (χ1v) is 8.01. The fourth-order valence-corrected chi connectivity index (χ4v) is 2.75. The summed E-state index contributed by atoms with van der Waals surface area (Å²) < 4.78 is 10.9. The number of fused-ring (bicyclic) bond motifs is 1. The quantitative estimate of drug-likeness (QED) is 0.723. The summed E-state index contributed by atoms with van der Waals surface area (Å²) in [6, 6.07) is 15.9. The van der Waals surface area contributed by atoms with E-state index in [1.807, 2.05) is 67.4 Å². The molecule has 24 heavy (non-hydrogen) atoms. The Bertz CT molecular complexity index is 795. The summed E-state index contributed by atoms with van der Waals surface area (Å²) in [7, 11) is 1.94. The number of likely N-dealkylation sites (N-methyl/N-ethyl adjacent to an activating group) is 1. The van der Waals surface area contributed by atoms with Crippen LogP contribution in [0, 0.1) is 6.92 Å². The fourth-order valence-electron chi connectivity index (χ4n) is 2.75. The van der Waals surface area contributed by atoms with Crippen LogP contribution in [0.3, 0.4) is 0 Å². The number of hydrogen-bond acceptors (Lipinski definition) is 5. The second kappa shape index (κ2) is 7.47. The molecule has 0 fully saturated rings. The maximum absolute atomic E-state index is 10.2. The summed E-state index contributed by atoms with van der Waals surface area (Å²) in [4.78, 5) is 1.99. The standard InChI is InChI=1S/C19H22N2O3/c1-14-10-16(20-24-14)11-21(2)12-17(22)13-23-19-9-5-7-15-6-3-4-8-18(15)19/h3-10,17,22H,11-13H2,1-2H3. The van der Waals surface area contributed by atoms with Crippen LogP contribution in [-0.4, -0.2) is 41.5 Å². The topological polar surface area (TPSA) is 58.7 Å². The van der Waals surface area contributed by atoms with Crippen molar-refractivity contribution in [3.63, 3.8) is 0 Å². The van der Waals surface area contributed by atoms with E-state index in [9.17, 15) is 5.11 Å². The van der Waals surface area contributed by atoms with Gasteiger partial charge in [-0.1, -0.05) is 41.6 Å². The molecule has 1 aromatic heterocycles. The van der Waals surface area contributed by atoms with Crippen molar-refractivity contribution in [2.75, 3.05) is 20.2 Å². The first-order valence-electron chi connectivity index (χ1n) is 8.01. The minimum Gasteiger partial charge on any atom is -0.490 e. The third kappa shape index (κ3) is 4.13. The molecule has 3 aromatic rings. The van der Waals surface area contributed by atoms with Crippen LogP contribution in [-0.2, 0) is 6.54 Å². The van der Waals surface area contributed by atoms with Crippen LogP contribution < -0.4 is 4.74 Å². The summed E-state index contributed by atoms with van der Waals surface area (Å²) in [5.74, 6) is 1.58. The van der Waals surface area contributed by atoms with Crippen LogP contribution in [0.25, 0.3) is 10.8 Å². The molecule has 5 nitrogen and oxygen atoms in total. The molecule has 1 atom stereocenters. The second-order valence-corrected chi connectivity index (χ2v) is 6.07. The molecule has 0 saturated carbocycles. The van der Waals surface area contributed by atoms with E-state index in [-0.39, 0.29) is 6.61 Å². The zero-order valence-corrected chi connectivity index (χ0v) is 14.0. The second-order valence-electron chi connectivity index (χ2n) is 6.07. The van der Waals surface area contributed by atoms with Crippen molar-refractivity contribution in [2.24, 2.45) is 0 Å². The average molecular weight is 326 g/mol. The van der Waals surface area contributed by atoms with Gasteiger partial charge in [-0.05, 0) is 25.4 Å². The van der Waals surface area contributed by atoms with Gasteiger partial charge < -0.3 is 14.4 Å². The molecule has 0 aliphatic carbocycles. The summed E-state index contributed by atoms with van der Waals surface area (Å²) >= 11 is 0. The third-order valence-electron chi connectivity index (χ3n) is 3.81. The maximum Gasteiger partial charge on any atom is 0.133 e. The van der Waals surface area contributed by atoms with Gasteiger partial charge in [-0.2, -0.15) is 0 Å². The van der Waals surface area contributed by atoms with Gasteiger partial charge in [0, 0.05) is 24.5 Å². The van der Waals surface area contributed by atoms with Crippen LogP contribution in [0.5, 0.6) is 5.75 Å². The Balaban J connectivity index is 1.54. The fraction of sp³-hybridized carbons (Fsp3) is 0.316. The number of ether oxygens (including phenoxy) is 1. The van der Waals surface area contributed by atoms with Crippen LogP contribution in [0.1, 0.15) is 11.5 Å². The van der Waals surface area contributed by atoms with E-state index in [1.165, 1.54) is 0 Å². The van der Waals surface area contributed by atoms with Gasteiger partial charge in [0.1, 0.15) is 24.2 Å². The molecule has 0 bridgehead atoms. The molecule has 1 N–H and O–H groups in total. The molecule has 1 unspecified atom stereocenters. The predicted octanol–water partition coefficient (Wildman–Crippen LogP) is 3.01. The highest BCUT2D eigenvalue weighted by molar-refractivity contribution is 5.88. The number of nitrogens with zero attached hydrogens (tertiary/aromatic N) is 2. The lowest BCUT2D eigenvalue weighted by Crippen LogP contribution is -2.32. The number of rotatable bonds is 7. The largest absolute Gasteiger partial charge is 0.490 e. The van der Waals surface area contributed by atoms with Gasteiger partial charge in [0.05, 0.1) is 5.69 Å². The first kappa shape index (κ1) is 16.5. The highest BCUT2D eigenvalue weighted by Crippen LogP contribution is 2.25. The maximum atomic E-state index is 10.2. The zero-order valence-electron chi connectivity index (χ0n) is 14.0. The normalized spacial score (nSPS) is 12.7. The Morgan fingerprint density at radius 1 is 1.21 bits per heavy atom. The van der Waals surface area contributed by atoms with E-state index in [0.29, 0.717) is 13.1 Å². The smallest absolute Gasteiger partial charge is 0.133 e. The lowest BCUT2D eigenvalue weighted by molar-refractivity contribution is 0.0743. The SMILES string of the molecule is Cc1cc(CN(C)CC(O)COc2cccc3ccccc23)no1. The zero-order chi connectivity index (χ0) is 16.9. The molecule has 2 aromatic carbocycles. The van der Waals surface area contributed by atoms with Gasteiger partial charge in [-0.3, -0.25) is 4.90 Å². The van der Waals surface area contributed by atoms with Gasteiger partial charge in [0.2, 0.25) is 0 Å². The Labute approximate surface area is 141 Å². The summed E-state index contributed by atoms with van der Waals surface area (Å²) in [5, 5.41) is 16.4. The molecule has 126 valence electrons. The van der Waals surface area contributed by atoms with Crippen LogP contribution in [0.2, 0.25) is 0 Å². The molecule has 0 spiro atoms. The van der Waals surface area contributed by atoms with Gasteiger partial charge in [-0.15, -0.1) is 0 Å². The van der Waals surface area contributed by atoms with Crippen molar-refractivity contribution in [2.45, 2.75) is 19.6 Å². The molecule has 5 heteroatoms. The van der Waals surface area contributed by atoms with Crippen LogP contribution >= 0.6 is 0 Å². The van der Waals surface area contributed by atoms with E-state index in [2.05, 4.69) is 5.16 Å². The first-order chi connectivity index (χ1) is 11.6. The lowest BCUT2D eigenvalue weighted by Gasteiger charge is -2.20. The van der Waals surface area contributed by atoms with Crippen molar-refractivity contribution in [1.82, 2.24) is 10.1 Å². The molecular weight excluding hydrogens is 304 g/mol. The molecule has 0 aliphatic heterocycles. The Morgan fingerprint density at radius 2 is 2.00 bits per heavy atom. The monoisotopic (exact) mass is 326 g/mol.